The van der Waals surface area contributed by atoms with Crippen LogP contribution in [0.25, 0.3) is 0 Å². The largest absolute Gasteiger partial charge is 0.469 e. The standard InChI is InChI=1S/C11H14O4/c1-14-10(12)6-8-3-4-9(5-8)7-11(13)15-2/h3-5,8H,6-7H2,1-2H3. The van der Waals surface area contributed by atoms with Gasteiger partial charge in [-0.3, -0.25) is 9.59 Å². The molecule has 1 atom stereocenters. The van der Waals surface area contributed by atoms with Crippen LogP contribution < -0.4 is 0 Å². The number of hydrogen-bond acceptors (Lipinski definition) is 4. The highest BCUT2D eigenvalue weighted by Crippen LogP contribution is 2.21. The van der Waals surface area contributed by atoms with Gasteiger partial charge in [0, 0.05) is 5.92 Å². The average Bonchev–Trinajstić information content (AvgIpc) is 2.65. The van der Waals surface area contributed by atoms with Crippen molar-refractivity contribution in [1.82, 2.24) is 0 Å². The second-order valence-corrected chi connectivity index (χ2v) is 3.30. The van der Waals surface area contributed by atoms with Crippen molar-refractivity contribution in [2.24, 2.45) is 5.92 Å². The third-order valence-electron chi connectivity index (χ3n) is 2.19. The number of ether oxygens (including phenoxy) is 2. The summed E-state index contributed by atoms with van der Waals surface area (Å²) in [7, 11) is 2.72. The summed E-state index contributed by atoms with van der Waals surface area (Å²) in [5.74, 6) is -0.484. The third-order valence-corrected chi connectivity index (χ3v) is 2.19. The van der Waals surface area contributed by atoms with E-state index in [9.17, 15) is 9.59 Å². The fourth-order valence-corrected chi connectivity index (χ4v) is 1.39. The van der Waals surface area contributed by atoms with Crippen LogP contribution in [0, 0.1) is 5.92 Å². The van der Waals surface area contributed by atoms with Crippen LogP contribution >= 0.6 is 0 Å². The summed E-state index contributed by atoms with van der Waals surface area (Å²) in [5.41, 5.74) is 0.885. The number of methoxy groups -OCH3 is 2. The maximum absolute atomic E-state index is 11.0. The summed E-state index contributed by atoms with van der Waals surface area (Å²) in [6, 6.07) is 0. The van der Waals surface area contributed by atoms with Gasteiger partial charge in [0.05, 0.1) is 27.1 Å². The molecule has 4 nitrogen and oxygen atoms in total. The van der Waals surface area contributed by atoms with Gasteiger partial charge < -0.3 is 9.47 Å². The lowest BCUT2D eigenvalue weighted by atomic mass is 10.1. The van der Waals surface area contributed by atoms with Gasteiger partial charge in [0.25, 0.3) is 0 Å². The number of esters is 2. The zero-order chi connectivity index (χ0) is 11.3. The molecular formula is C11H14O4. The van der Waals surface area contributed by atoms with Crippen LogP contribution in [0.15, 0.2) is 23.8 Å². The van der Waals surface area contributed by atoms with Crippen molar-refractivity contribution >= 4 is 11.9 Å². The maximum atomic E-state index is 11.0. The van der Waals surface area contributed by atoms with Gasteiger partial charge in [0.2, 0.25) is 0 Å². The minimum Gasteiger partial charge on any atom is -0.469 e. The monoisotopic (exact) mass is 210 g/mol. The molecule has 0 heterocycles. The van der Waals surface area contributed by atoms with Crippen LogP contribution in [0.3, 0.4) is 0 Å². The second kappa shape index (κ2) is 5.34. The molecule has 0 amide bonds. The molecular weight excluding hydrogens is 196 g/mol. The van der Waals surface area contributed by atoms with Crippen molar-refractivity contribution in [1.29, 1.82) is 0 Å². The fraction of sp³-hybridized carbons (Fsp3) is 0.455. The molecule has 1 aliphatic carbocycles. The van der Waals surface area contributed by atoms with Crippen molar-refractivity contribution in [2.75, 3.05) is 14.2 Å². The van der Waals surface area contributed by atoms with Crippen LogP contribution in [0.1, 0.15) is 12.8 Å². The molecule has 1 unspecified atom stereocenters. The summed E-state index contributed by atoms with van der Waals surface area (Å²) in [5, 5.41) is 0. The molecule has 0 radical (unpaired) electrons. The van der Waals surface area contributed by atoms with E-state index in [2.05, 4.69) is 9.47 Å². The Labute approximate surface area is 88.6 Å². The number of allylic oxidation sites excluding steroid dienone is 3. The quantitative estimate of drug-likeness (QED) is 0.655. The summed E-state index contributed by atoms with van der Waals surface area (Å²) in [6.45, 7) is 0. The van der Waals surface area contributed by atoms with Crippen molar-refractivity contribution < 1.29 is 19.1 Å². The van der Waals surface area contributed by atoms with E-state index < -0.39 is 0 Å². The van der Waals surface area contributed by atoms with Gasteiger partial charge in [-0.25, -0.2) is 0 Å². The SMILES string of the molecule is COC(=O)CC1=CC(CC(=O)OC)C=C1. The molecule has 0 N–H and O–H groups in total. The minimum atomic E-state index is -0.274. The summed E-state index contributed by atoms with van der Waals surface area (Å²) in [6.07, 6.45) is 6.18. The molecule has 0 aromatic rings. The molecule has 0 bridgehead atoms. The first kappa shape index (κ1) is 11.5. The van der Waals surface area contributed by atoms with Crippen LogP contribution in [0.5, 0.6) is 0 Å². The summed E-state index contributed by atoms with van der Waals surface area (Å²) in [4.78, 5) is 21.9. The Hall–Kier alpha value is -1.58. The molecule has 0 aromatic carbocycles. The maximum Gasteiger partial charge on any atom is 0.309 e. The van der Waals surface area contributed by atoms with Gasteiger partial charge >= 0.3 is 11.9 Å². The van der Waals surface area contributed by atoms with E-state index in [1.54, 1.807) is 0 Å². The Morgan fingerprint density at radius 1 is 1.27 bits per heavy atom. The third kappa shape index (κ3) is 3.58. The predicted molar refractivity (Wildman–Crippen MR) is 54.0 cm³/mol. The average molecular weight is 210 g/mol. The van der Waals surface area contributed by atoms with E-state index in [1.807, 2.05) is 18.2 Å². The van der Waals surface area contributed by atoms with Crippen LogP contribution in [-0.2, 0) is 19.1 Å². The molecule has 0 spiro atoms. The van der Waals surface area contributed by atoms with Gasteiger partial charge in [0.1, 0.15) is 0 Å². The van der Waals surface area contributed by atoms with Crippen LogP contribution in [0.4, 0.5) is 0 Å². The van der Waals surface area contributed by atoms with Crippen molar-refractivity contribution in [2.45, 2.75) is 12.8 Å². The van der Waals surface area contributed by atoms with Crippen LogP contribution in [0.2, 0.25) is 0 Å². The highest BCUT2D eigenvalue weighted by molar-refractivity contribution is 5.74. The molecule has 1 rings (SSSR count). The van der Waals surface area contributed by atoms with Gasteiger partial charge in [-0.15, -0.1) is 0 Å². The van der Waals surface area contributed by atoms with Gasteiger partial charge in [-0.1, -0.05) is 18.2 Å². The van der Waals surface area contributed by atoms with Crippen molar-refractivity contribution in [3.8, 4) is 0 Å². The zero-order valence-electron chi connectivity index (χ0n) is 8.86. The van der Waals surface area contributed by atoms with Gasteiger partial charge in [-0.2, -0.15) is 0 Å². The Balaban J connectivity index is 2.45. The van der Waals surface area contributed by atoms with Gasteiger partial charge in [0.15, 0.2) is 0 Å². The van der Waals surface area contributed by atoms with Gasteiger partial charge in [-0.05, 0) is 5.57 Å². The van der Waals surface area contributed by atoms with E-state index in [1.165, 1.54) is 14.2 Å². The molecule has 0 saturated carbocycles. The van der Waals surface area contributed by atoms with E-state index >= 15 is 0 Å². The van der Waals surface area contributed by atoms with E-state index in [0.29, 0.717) is 6.42 Å². The van der Waals surface area contributed by atoms with Crippen molar-refractivity contribution in [3.63, 3.8) is 0 Å². The zero-order valence-corrected chi connectivity index (χ0v) is 8.86. The number of carbonyl (C=O) groups excluding carboxylic acids is 2. The predicted octanol–water partition coefficient (Wildman–Crippen LogP) is 1.22. The first-order valence-electron chi connectivity index (χ1n) is 4.68. The summed E-state index contributed by atoms with van der Waals surface area (Å²) < 4.78 is 9.10. The first-order chi connectivity index (χ1) is 7.15. The van der Waals surface area contributed by atoms with E-state index in [0.717, 1.165) is 5.57 Å². The van der Waals surface area contributed by atoms with E-state index in [4.69, 9.17) is 0 Å². The Bertz CT molecular complexity index is 315. The van der Waals surface area contributed by atoms with E-state index in [-0.39, 0.29) is 24.3 Å². The number of hydrogen-bond donors (Lipinski definition) is 0. The minimum absolute atomic E-state index is 0.0390. The highest BCUT2D eigenvalue weighted by Gasteiger charge is 2.15. The second-order valence-electron chi connectivity index (χ2n) is 3.30. The molecule has 0 saturated heterocycles. The highest BCUT2D eigenvalue weighted by atomic mass is 16.5. The number of carbonyl (C=O) groups is 2. The smallest absolute Gasteiger partial charge is 0.309 e. The molecule has 82 valence electrons. The lowest BCUT2D eigenvalue weighted by Crippen LogP contribution is -2.05. The first-order valence-corrected chi connectivity index (χ1v) is 4.68. The lowest BCUT2D eigenvalue weighted by Gasteiger charge is -2.02. The fourth-order valence-electron chi connectivity index (χ4n) is 1.39. The Morgan fingerprint density at radius 3 is 2.53 bits per heavy atom. The summed E-state index contributed by atoms with van der Waals surface area (Å²) >= 11 is 0. The lowest BCUT2D eigenvalue weighted by molar-refractivity contribution is -0.141. The molecule has 0 aromatic heterocycles. The normalized spacial score (nSPS) is 18.5. The molecule has 1 aliphatic rings. The van der Waals surface area contributed by atoms with Crippen LogP contribution in [-0.4, -0.2) is 26.2 Å². The Morgan fingerprint density at radius 2 is 1.93 bits per heavy atom. The molecule has 0 aliphatic heterocycles. The Kier molecular flexibility index (Phi) is 4.09. The molecule has 4 heteroatoms. The molecule has 0 fully saturated rings. The molecule has 15 heavy (non-hydrogen) atoms. The number of rotatable bonds is 4. The topological polar surface area (TPSA) is 52.6 Å². The van der Waals surface area contributed by atoms with Crippen molar-refractivity contribution in [3.05, 3.63) is 23.8 Å².